The maximum Gasteiger partial charge on any atom is 0.199 e. The van der Waals surface area contributed by atoms with E-state index in [-0.39, 0.29) is 17.5 Å². The topological polar surface area (TPSA) is 60.1 Å². The molecule has 1 aliphatic rings. The molecule has 1 aliphatic heterocycles. The smallest absolute Gasteiger partial charge is 0.199 e. The van der Waals surface area contributed by atoms with Gasteiger partial charge in [0.25, 0.3) is 0 Å². The first-order chi connectivity index (χ1) is 13.3. The Hall–Kier alpha value is -1.22. The van der Waals surface area contributed by atoms with E-state index in [0.717, 1.165) is 30.8 Å². The number of sulfone groups is 1. The molecule has 2 heterocycles. The SMILES string of the molecule is CCCCN(Cn1nc(-c2ccc(Cl)cc2)n(CC)c1=S)[C@@H]1CCS(=O)(=O)C1. The molecule has 0 unspecified atom stereocenters. The molecule has 1 saturated heterocycles. The molecule has 6 nitrogen and oxygen atoms in total. The minimum Gasteiger partial charge on any atom is -0.300 e. The number of unbranched alkanes of at least 4 members (excludes halogenated alkanes) is 1. The van der Waals surface area contributed by atoms with Gasteiger partial charge in [0, 0.05) is 29.7 Å². The zero-order valence-corrected chi connectivity index (χ0v) is 18.7. The van der Waals surface area contributed by atoms with Gasteiger partial charge in [-0.3, -0.25) is 4.90 Å². The summed E-state index contributed by atoms with van der Waals surface area (Å²) < 4.78 is 28.4. The summed E-state index contributed by atoms with van der Waals surface area (Å²) in [6.07, 6.45) is 2.75. The van der Waals surface area contributed by atoms with Crippen molar-refractivity contribution < 1.29 is 8.42 Å². The van der Waals surface area contributed by atoms with Crippen LogP contribution >= 0.6 is 23.8 Å². The van der Waals surface area contributed by atoms with Gasteiger partial charge >= 0.3 is 0 Å². The van der Waals surface area contributed by atoms with Gasteiger partial charge in [-0.15, -0.1) is 0 Å². The molecule has 1 aromatic heterocycles. The number of halogens is 1. The Kier molecular flexibility index (Phi) is 6.96. The van der Waals surface area contributed by atoms with Crippen molar-refractivity contribution in [1.82, 2.24) is 19.2 Å². The van der Waals surface area contributed by atoms with Crippen LogP contribution in [-0.4, -0.2) is 51.8 Å². The summed E-state index contributed by atoms with van der Waals surface area (Å²) in [5, 5.41) is 5.46. The van der Waals surface area contributed by atoms with Crippen LogP contribution in [-0.2, 0) is 23.1 Å². The molecule has 0 amide bonds. The van der Waals surface area contributed by atoms with Crippen LogP contribution in [0.15, 0.2) is 24.3 Å². The lowest BCUT2D eigenvalue weighted by Crippen LogP contribution is -2.38. The lowest BCUT2D eigenvalue weighted by Gasteiger charge is -2.27. The van der Waals surface area contributed by atoms with Gasteiger partial charge < -0.3 is 4.57 Å². The quantitative estimate of drug-likeness (QED) is 0.578. The molecule has 0 spiro atoms. The van der Waals surface area contributed by atoms with E-state index in [0.29, 0.717) is 29.4 Å². The molecule has 3 rings (SSSR count). The minimum absolute atomic E-state index is 0.0317. The molecule has 0 bridgehead atoms. The van der Waals surface area contributed by atoms with Gasteiger partial charge in [-0.25, -0.2) is 13.1 Å². The zero-order valence-electron chi connectivity index (χ0n) is 16.3. The summed E-state index contributed by atoms with van der Waals surface area (Å²) >= 11 is 11.7. The molecule has 2 aromatic rings. The van der Waals surface area contributed by atoms with E-state index in [2.05, 4.69) is 11.8 Å². The van der Waals surface area contributed by atoms with Crippen molar-refractivity contribution >= 4 is 33.7 Å². The molecule has 28 heavy (non-hydrogen) atoms. The Morgan fingerprint density at radius 3 is 2.57 bits per heavy atom. The molecule has 1 fully saturated rings. The van der Waals surface area contributed by atoms with Crippen molar-refractivity contribution in [2.24, 2.45) is 0 Å². The fourth-order valence-corrected chi connectivity index (χ4v) is 5.80. The van der Waals surface area contributed by atoms with Gasteiger partial charge in [-0.2, -0.15) is 5.10 Å². The van der Waals surface area contributed by atoms with Gasteiger partial charge in [0.15, 0.2) is 20.4 Å². The largest absolute Gasteiger partial charge is 0.300 e. The highest BCUT2D eigenvalue weighted by atomic mass is 35.5. The molecule has 0 saturated carbocycles. The van der Waals surface area contributed by atoms with Crippen LogP contribution in [0.3, 0.4) is 0 Å². The lowest BCUT2D eigenvalue weighted by atomic mass is 10.2. The average Bonchev–Trinajstić information content (AvgIpc) is 3.18. The van der Waals surface area contributed by atoms with E-state index in [1.165, 1.54) is 0 Å². The minimum atomic E-state index is -2.94. The first kappa shape index (κ1) is 21.5. The lowest BCUT2D eigenvalue weighted by molar-refractivity contribution is 0.152. The van der Waals surface area contributed by atoms with Crippen molar-refractivity contribution in [3.05, 3.63) is 34.1 Å². The summed E-state index contributed by atoms with van der Waals surface area (Å²) in [5.74, 6) is 1.30. The van der Waals surface area contributed by atoms with Crippen molar-refractivity contribution in [1.29, 1.82) is 0 Å². The standard InChI is InChI=1S/C19H27ClN4O2S2/c1-3-5-11-22(17-10-12-28(25,26)13-17)14-24-19(27)23(4-2)18(21-24)15-6-8-16(20)9-7-15/h6-9,17H,3-5,10-14H2,1-2H3/t17-/m1/s1. The average molecular weight is 443 g/mol. The van der Waals surface area contributed by atoms with Crippen LogP contribution in [0.25, 0.3) is 11.4 Å². The third-order valence-corrected chi connectivity index (χ3v) is 7.61. The Morgan fingerprint density at radius 2 is 2.00 bits per heavy atom. The van der Waals surface area contributed by atoms with Crippen LogP contribution in [0.5, 0.6) is 0 Å². The van der Waals surface area contributed by atoms with Gasteiger partial charge in [-0.1, -0.05) is 24.9 Å². The van der Waals surface area contributed by atoms with E-state index in [1.54, 1.807) is 0 Å². The number of aromatic nitrogens is 3. The summed E-state index contributed by atoms with van der Waals surface area (Å²) in [6.45, 7) is 6.24. The Bertz CT molecular complexity index is 967. The van der Waals surface area contributed by atoms with Gasteiger partial charge in [0.1, 0.15) is 0 Å². The molecule has 0 aliphatic carbocycles. The predicted molar refractivity (Wildman–Crippen MR) is 116 cm³/mol. The number of hydrogen-bond acceptors (Lipinski definition) is 5. The Morgan fingerprint density at radius 1 is 1.29 bits per heavy atom. The van der Waals surface area contributed by atoms with Crippen LogP contribution in [0, 0.1) is 4.77 Å². The maximum atomic E-state index is 12.0. The van der Waals surface area contributed by atoms with E-state index >= 15 is 0 Å². The van der Waals surface area contributed by atoms with Crippen molar-refractivity contribution in [2.45, 2.75) is 52.4 Å². The normalized spacial score (nSPS) is 18.8. The molecule has 9 heteroatoms. The summed E-state index contributed by atoms with van der Waals surface area (Å²) in [5.41, 5.74) is 0.958. The monoisotopic (exact) mass is 442 g/mol. The fourth-order valence-electron chi connectivity index (χ4n) is 3.60. The number of rotatable bonds is 8. The van der Waals surface area contributed by atoms with Gasteiger partial charge in [-0.05, 0) is 56.2 Å². The van der Waals surface area contributed by atoms with Crippen molar-refractivity contribution in [3.63, 3.8) is 0 Å². The molecule has 0 radical (unpaired) electrons. The van der Waals surface area contributed by atoms with E-state index < -0.39 is 9.84 Å². The molecular weight excluding hydrogens is 416 g/mol. The second kappa shape index (κ2) is 9.07. The highest BCUT2D eigenvalue weighted by Crippen LogP contribution is 2.23. The van der Waals surface area contributed by atoms with E-state index in [4.69, 9.17) is 28.9 Å². The van der Waals surface area contributed by atoms with E-state index in [9.17, 15) is 8.42 Å². The van der Waals surface area contributed by atoms with Gasteiger partial charge in [0.05, 0.1) is 18.2 Å². The molecule has 1 aromatic carbocycles. The van der Waals surface area contributed by atoms with Crippen LogP contribution in [0.1, 0.15) is 33.1 Å². The molecular formula is C19H27ClN4O2S2. The second-order valence-corrected chi connectivity index (χ2v) is 10.3. The van der Waals surface area contributed by atoms with Crippen LogP contribution < -0.4 is 0 Å². The highest BCUT2D eigenvalue weighted by Gasteiger charge is 2.32. The number of hydrogen-bond donors (Lipinski definition) is 0. The zero-order chi connectivity index (χ0) is 20.3. The van der Waals surface area contributed by atoms with Crippen LogP contribution in [0.2, 0.25) is 5.02 Å². The maximum absolute atomic E-state index is 12.0. The Balaban J connectivity index is 1.90. The fraction of sp³-hybridized carbons (Fsp3) is 0.579. The second-order valence-electron chi connectivity index (χ2n) is 7.22. The third-order valence-electron chi connectivity index (χ3n) is 5.18. The summed E-state index contributed by atoms with van der Waals surface area (Å²) in [7, 11) is -2.94. The van der Waals surface area contributed by atoms with Crippen LogP contribution in [0.4, 0.5) is 0 Å². The third kappa shape index (κ3) is 4.84. The van der Waals surface area contributed by atoms with Crippen molar-refractivity contribution in [3.8, 4) is 11.4 Å². The van der Waals surface area contributed by atoms with E-state index in [1.807, 2.05) is 40.4 Å². The first-order valence-corrected chi connectivity index (χ1v) is 12.3. The van der Waals surface area contributed by atoms with Crippen molar-refractivity contribution in [2.75, 3.05) is 18.1 Å². The number of nitrogens with zero attached hydrogens (tertiary/aromatic N) is 4. The highest BCUT2D eigenvalue weighted by molar-refractivity contribution is 7.91. The summed E-state index contributed by atoms with van der Waals surface area (Å²) in [4.78, 5) is 2.22. The Labute approximate surface area is 177 Å². The van der Waals surface area contributed by atoms with Gasteiger partial charge in [0.2, 0.25) is 0 Å². The predicted octanol–water partition coefficient (Wildman–Crippen LogP) is 4.00. The first-order valence-electron chi connectivity index (χ1n) is 9.72. The molecule has 1 atom stereocenters. The molecule has 0 N–H and O–H groups in total. The summed E-state index contributed by atoms with van der Waals surface area (Å²) in [6, 6.07) is 7.60. The number of benzene rings is 1. The molecule has 154 valence electrons.